The second-order valence-corrected chi connectivity index (χ2v) is 5.45. The third-order valence-electron chi connectivity index (χ3n) is 2.01. The van der Waals surface area contributed by atoms with E-state index in [2.05, 4.69) is 0 Å². The average molecular weight is 251 g/mol. The Morgan fingerprint density at radius 2 is 1.60 bits per heavy atom. The maximum Gasteiger partial charge on any atom is 1.00 e. The minimum absolute atomic E-state index is 0. The van der Waals surface area contributed by atoms with Gasteiger partial charge in [0, 0.05) is 16.1 Å². The first-order valence-electron chi connectivity index (χ1n) is 4.01. The van der Waals surface area contributed by atoms with Crippen LogP contribution < -0.4 is 29.6 Å². The smallest absolute Gasteiger partial charge is 1.00 e. The summed E-state index contributed by atoms with van der Waals surface area (Å²) in [4.78, 5) is 0.164. The molecule has 0 atom stereocenters. The predicted molar refractivity (Wildman–Crippen MR) is 58.1 cm³/mol. The van der Waals surface area contributed by atoms with Crippen LogP contribution in [0.2, 0.25) is 0 Å². The van der Waals surface area contributed by atoms with Gasteiger partial charge < -0.3 is 1.43 Å². The summed E-state index contributed by atoms with van der Waals surface area (Å²) in [6, 6.07) is 12.3. The fraction of sp³-hybridized carbons (Fsp3) is 0. The molecule has 0 aliphatic rings. The van der Waals surface area contributed by atoms with E-state index in [1.807, 2.05) is 18.2 Å². The van der Waals surface area contributed by atoms with Crippen molar-refractivity contribution < 1.29 is 39.4 Å². The van der Waals surface area contributed by atoms with Gasteiger partial charge in [0.2, 0.25) is 0 Å². The summed E-state index contributed by atoms with van der Waals surface area (Å²) >= 11 is 0. The molecule has 0 N–H and O–H groups in total. The van der Waals surface area contributed by atoms with E-state index in [9.17, 15) is 8.42 Å². The van der Waals surface area contributed by atoms with Gasteiger partial charge in [-0.15, -0.1) is 0 Å². The van der Waals surface area contributed by atoms with Crippen LogP contribution in [0.3, 0.4) is 0 Å². The third-order valence-corrected chi connectivity index (χ3v) is 3.39. The van der Waals surface area contributed by atoms with Crippen molar-refractivity contribution >= 4 is 30.5 Å². The van der Waals surface area contributed by atoms with Crippen molar-refractivity contribution in [1.29, 1.82) is 0 Å². The Balaban J connectivity index is 0.00000112. The second-order valence-electron chi connectivity index (χ2n) is 2.92. The summed E-state index contributed by atoms with van der Waals surface area (Å²) in [5.74, 6) is 0. The summed E-state index contributed by atoms with van der Waals surface area (Å²) in [7, 11) is 1.65. The minimum atomic E-state index is -3.66. The first-order valence-corrected chi connectivity index (χ1v) is 6.32. The van der Waals surface area contributed by atoms with E-state index < -0.39 is 9.05 Å². The Bertz CT molecular complexity index is 581. The largest absolute Gasteiger partial charge is 1.00 e. The summed E-state index contributed by atoms with van der Waals surface area (Å²) in [6.45, 7) is 0. The number of fused-ring (bicyclic) bond motifs is 1. The second kappa shape index (κ2) is 4.85. The molecule has 2 aromatic carbocycles. The Labute approximate surface area is 116 Å². The fourth-order valence-corrected chi connectivity index (χ4v) is 2.50. The van der Waals surface area contributed by atoms with Crippen LogP contribution in [0.5, 0.6) is 0 Å². The molecule has 2 rings (SSSR count). The van der Waals surface area contributed by atoms with Gasteiger partial charge in [0.25, 0.3) is 9.05 Å². The van der Waals surface area contributed by atoms with Gasteiger partial charge in [-0.1, -0.05) is 36.4 Å². The van der Waals surface area contributed by atoms with Gasteiger partial charge in [-0.25, -0.2) is 8.42 Å². The standard InChI is InChI=1S/C10H7ClO2S.Na.H/c11-14(12,13)10-7-3-5-8-4-1-2-6-9(8)10;;/h1-7H;;/q;+1;-1. The van der Waals surface area contributed by atoms with E-state index >= 15 is 0 Å². The molecule has 5 heteroatoms. The molecule has 0 unspecified atom stereocenters. The van der Waals surface area contributed by atoms with Crippen molar-refractivity contribution in [3.8, 4) is 0 Å². The predicted octanol–water partition coefficient (Wildman–Crippen LogP) is -0.116. The minimum Gasteiger partial charge on any atom is -1.00 e. The van der Waals surface area contributed by atoms with Crippen LogP contribution in [0.1, 0.15) is 1.43 Å². The van der Waals surface area contributed by atoms with Gasteiger partial charge in [0.05, 0.1) is 4.90 Å². The third kappa shape index (κ3) is 2.74. The number of hydrogen-bond donors (Lipinski definition) is 0. The molecule has 0 saturated carbocycles. The molecule has 0 amide bonds. The zero-order valence-electron chi connectivity index (χ0n) is 9.14. The summed E-state index contributed by atoms with van der Waals surface area (Å²) in [5, 5.41) is 1.53. The molecule has 74 valence electrons. The quantitative estimate of drug-likeness (QED) is 0.523. The monoisotopic (exact) mass is 250 g/mol. The molecule has 15 heavy (non-hydrogen) atoms. The molecule has 0 aliphatic carbocycles. The van der Waals surface area contributed by atoms with E-state index in [1.54, 1.807) is 18.2 Å². The van der Waals surface area contributed by atoms with Crippen LogP contribution in [-0.4, -0.2) is 8.42 Å². The number of hydrogen-bond acceptors (Lipinski definition) is 2. The van der Waals surface area contributed by atoms with Crippen LogP contribution >= 0.6 is 10.7 Å². The van der Waals surface area contributed by atoms with Crippen LogP contribution in [-0.2, 0) is 9.05 Å². The van der Waals surface area contributed by atoms with Crippen molar-refractivity contribution in [3.05, 3.63) is 42.5 Å². The van der Waals surface area contributed by atoms with E-state index in [4.69, 9.17) is 10.7 Å². The summed E-state index contributed by atoms with van der Waals surface area (Å²) < 4.78 is 22.4. The summed E-state index contributed by atoms with van der Waals surface area (Å²) in [5.41, 5.74) is 0. The molecule has 0 fully saturated rings. The number of rotatable bonds is 1. The zero-order chi connectivity index (χ0) is 10.2. The van der Waals surface area contributed by atoms with E-state index in [0.29, 0.717) is 5.39 Å². The SMILES string of the molecule is O=S(=O)(Cl)c1cccc2ccccc12.[H-].[Na+]. The van der Waals surface area contributed by atoms with Crippen LogP contribution in [0.4, 0.5) is 0 Å². The van der Waals surface area contributed by atoms with Crippen LogP contribution in [0, 0.1) is 0 Å². The van der Waals surface area contributed by atoms with Crippen LogP contribution in [0.25, 0.3) is 10.8 Å². The fourth-order valence-electron chi connectivity index (χ4n) is 1.41. The molecule has 0 radical (unpaired) electrons. The van der Waals surface area contributed by atoms with Crippen molar-refractivity contribution in [2.24, 2.45) is 0 Å². The number of benzene rings is 2. The van der Waals surface area contributed by atoms with Crippen molar-refractivity contribution in [3.63, 3.8) is 0 Å². The molecule has 0 bridgehead atoms. The first-order chi connectivity index (χ1) is 6.59. The molecule has 0 spiro atoms. The van der Waals surface area contributed by atoms with E-state index in [-0.39, 0.29) is 35.9 Å². The van der Waals surface area contributed by atoms with Gasteiger partial charge in [-0.3, -0.25) is 0 Å². The van der Waals surface area contributed by atoms with Gasteiger partial charge in [-0.05, 0) is 11.5 Å². The van der Waals surface area contributed by atoms with Crippen molar-refractivity contribution in [2.45, 2.75) is 4.90 Å². The molecule has 0 saturated heterocycles. The molecule has 2 aromatic rings. The number of halogens is 1. The van der Waals surface area contributed by atoms with E-state index in [0.717, 1.165) is 5.39 Å². The van der Waals surface area contributed by atoms with Gasteiger partial charge in [0.1, 0.15) is 0 Å². The molecular formula is C10H8ClNaO2S. The van der Waals surface area contributed by atoms with Crippen molar-refractivity contribution in [1.82, 2.24) is 0 Å². The van der Waals surface area contributed by atoms with E-state index in [1.165, 1.54) is 6.07 Å². The molecule has 0 heterocycles. The Morgan fingerprint density at radius 3 is 2.27 bits per heavy atom. The van der Waals surface area contributed by atoms with Crippen LogP contribution in [0.15, 0.2) is 47.4 Å². The zero-order valence-corrected chi connectivity index (χ0v) is 11.7. The summed E-state index contributed by atoms with van der Waals surface area (Å²) in [6.07, 6.45) is 0. The van der Waals surface area contributed by atoms with Gasteiger partial charge in [-0.2, -0.15) is 0 Å². The molecular weight excluding hydrogens is 243 g/mol. The Hall–Kier alpha value is -0.0600. The van der Waals surface area contributed by atoms with Gasteiger partial charge in [0.15, 0.2) is 0 Å². The van der Waals surface area contributed by atoms with Gasteiger partial charge >= 0.3 is 29.6 Å². The Morgan fingerprint density at radius 1 is 1.00 bits per heavy atom. The van der Waals surface area contributed by atoms with Crippen molar-refractivity contribution in [2.75, 3.05) is 0 Å². The molecule has 0 aliphatic heterocycles. The topological polar surface area (TPSA) is 34.1 Å². The molecule has 2 nitrogen and oxygen atoms in total. The first kappa shape index (κ1) is 13.0. The Kier molecular flexibility index (Phi) is 4.20. The normalized spacial score (nSPS) is 11.0. The maximum absolute atomic E-state index is 11.2. The molecule has 0 aromatic heterocycles. The maximum atomic E-state index is 11.2. The average Bonchev–Trinajstić information content (AvgIpc) is 2.15.